The van der Waals surface area contributed by atoms with E-state index in [1.54, 1.807) is 0 Å². The summed E-state index contributed by atoms with van der Waals surface area (Å²) in [7, 11) is 2.10. The summed E-state index contributed by atoms with van der Waals surface area (Å²) in [6.07, 6.45) is 0.502. The quantitative estimate of drug-likeness (QED) is 0.944. The number of amides is 1. The van der Waals surface area contributed by atoms with Crippen molar-refractivity contribution in [2.24, 2.45) is 0 Å². The first-order chi connectivity index (χ1) is 11.2. The fourth-order valence-corrected chi connectivity index (χ4v) is 2.75. The molecule has 1 aliphatic rings. The van der Waals surface area contributed by atoms with E-state index in [1.165, 1.54) is 0 Å². The molecule has 0 spiro atoms. The first-order valence-electron chi connectivity index (χ1n) is 7.94. The maximum atomic E-state index is 12.1. The van der Waals surface area contributed by atoms with Crippen LogP contribution in [0, 0.1) is 0 Å². The van der Waals surface area contributed by atoms with E-state index < -0.39 is 0 Å². The minimum atomic E-state index is -0.00222. The summed E-state index contributed by atoms with van der Waals surface area (Å²) in [6, 6.07) is 17.7. The molecule has 1 heterocycles. The molecule has 0 aliphatic carbocycles. The van der Waals surface area contributed by atoms with Crippen LogP contribution in [0.1, 0.15) is 17.2 Å². The average Bonchev–Trinajstić information content (AvgIpc) is 2.56. The van der Waals surface area contributed by atoms with Gasteiger partial charge in [-0.15, -0.1) is 0 Å². The number of nitrogens with zero attached hydrogens (tertiary/aromatic N) is 1. The molecular weight excluding hydrogens is 288 g/mol. The van der Waals surface area contributed by atoms with Gasteiger partial charge < -0.3 is 15.0 Å². The van der Waals surface area contributed by atoms with Crippen LogP contribution >= 0.6 is 0 Å². The second-order valence-corrected chi connectivity index (χ2v) is 5.95. The number of morpholine rings is 1. The number of carbonyl (C=O) groups excluding carboxylic acids is 1. The zero-order valence-corrected chi connectivity index (χ0v) is 13.4. The van der Waals surface area contributed by atoms with E-state index >= 15 is 0 Å². The molecule has 4 heteroatoms. The minimum Gasteiger partial charge on any atom is -0.371 e. The van der Waals surface area contributed by atoms with Gasteiger partial charge in [-0.3, -0.25) is 4.79 Å². The molecule has 0 saturated carbocycles. The van der Waals surface area contributed by atoms with Crippen LogP contribution in [0.15, 0.2) is 54.6 Å². The monoisotopic (exact) mass is 310 g/mol. The topological polar surface area (TPSA) is 41.6 Å². The van der Waals surface area contributed by atoms with Crippen molar-refractivity contribution in [2.75, 3.05) is 32.1 Å². The third kappa shape index (κ3) is 4.41. The van der Waals surface area contributed by atoms with Crippen LogP contribution in [0.4, 0.5) is 5.69 Å². The number of ether oxygens (including phenoxy) is 1. The number of benzene rings is 2. The smallest absolute Gasteiger partial charge is 0.228 e. The lowest BCUT2D eigenvalue weighted by Crippen LogP contribution is -2.35. The van der Waals surface area contributed by atoms with Crippen LogP contribution < -0.4 is 5.32 Å². The van der Waals surface area contributed by atoms with Gasteiger partial charge in [0, 0.05) is 18.8 Å². The molecule has 0 bridgehead atoms. The average molecular weight is 310 g/mol. The summed E-state index contributed by atoms with van der Waals surface area (Å²) in [5.41, 5.74) is 2.98. The maximum absolute atomic E-state index is 12.1. The molecule has 2 aromatic rings. The van der Waals surface area contributed by atoms with Crippen molar-refractivity contribution in [3.63, 3.8) is 0 Å². The van der Waals surface area contributed by atoms with Gasteiger partial charge >= 0.3 is 0 Å². The number of rotatable bonds is 4. The standard InChI is InChI=1S/C19H22N2O2/c1-21-11-12-23-18(14-21)16-7-9-17(10-8-16)20-19(22)13-15-5-3-2-4-6-15/h2-10,18H,11-14H2,1H3,(H,20,22). The Kier molecular flexibility index (Phi) is 5.05. The Labute approximate surface area is 137 Å². The second-order valence-electron chi connectivity index (χ2n) is 5.95. The Bertz CT molecular complexity index is 640. The third-order valence-corrected chi connectivity index (χ3v) is 4.04. The number of carbonyl (C=O) groups is 1. The predicted octanol–water partition coefficient (Wildman–Crippen LogP) is 2.87. The van der Waals surface area contributed by atoms with Gasteiger partial charge in [0.25, 0.3) is 0 Å². The number of likely N-dealkylation sites (N-methyl/N-ethyl adjacent to an activating group) is 1. The molecule has 1 amide bonds. The molecule has 23 heavy (non-hydrogen) atoms. The highest BCUT2D eigenvalue weighted by Gasteiger charge is 2.19. The fourth-order valence-electron chi connectivity index (χ4n) is 2.75. The van der Waals surface area contributed by atoms with Crippen molar-refractivity contribution in [3.8, 4) is 0 Å². The third-order valence-electron chi connectivity index (χ3n) is 4.04. The first kappa shape index (κ1) is 15.7. The molecule has 120 valence electrons. The maximum Gasteiger partial charge on any atom is 0.228 e. The van der Waals surface area contributed by atoms with Crippen LogP contribution in [0.25, 0.3) is 0 Å². The van der Waals surface area contributed by atoms with E-state index in [1.807, 2.05) is 54.6 Å². The molecular formula is C19H22N2O2. The lowest BCUT2D eigenvalue weighted by atomic mass is 10.1. The van der Waals surface area contributed by atoms with Crippen molar-refractivity contribution in [2.45, 2.75) is 12.5 Å². The van der Waals surface area contributed by atoms with Gasteiger partial charge in [-0.1, -0.05) is 42.5 Å². The summed E-state index contributed by atoms with van der Waals surface area (Å²) >= 11 is 0. The van der Waals surface area contributed by atoms with Gasteiger partial charge in [-0.05, 0) is 30.3 Å². The SMILES string of the molecule is CN1CCOC(c2ccc(NC(=O)Cc3ccccc3)cc2)C1. The highest BCUT2D eigenvalue weighted by Crippen LogP contribution is 2.23. The van der Waals surface area contributed by atoms with Crippen molar-refractivity contribution < 1.29 is 9.53 Å². The molecule has 1 fully saturated rings. The number of hydrogen-bond acceptors (Lipinski definition) is 3. The Hall–Kier alpha value is -2.17. The lowest BCUT2D eigenvalue weighted by Gasteiger charge is -2.30. The molecule has 0 radical (unpaired) electrons. The summed E-state index contributed by atoms with van der Waals surface area (Å²) in [5.74, 6) is -0.00222. The molecule has 1 saturated heterocycles. The predicted molar refractivity (Wildman–Crippen MR) is 91.4 cm³/mol. The zero-order valence-electron chi connectivity index (χ0n) is 13.4. The van der Waals surface area contributed by atoms with Gasteiger partial charge in [0.15, 0.2) is 0 Å². The van der Waals surface area contributed by atoms with Gasteiger partial charge in [-0.2, -0.15) is 0 Å². The normalized spacial score (nSPS) is 18.6. The van der Waals surface area contributed by atoms with Gasteiger partial charge in [0.05, 0.1) is 19.1 Å². The second kappa shape index (κ2) is 7.40. The number of hydrogen-bond donors (Lipinski definition) is 1. The van der Waals surface area contributed by atoms with Gasteiger partial charge in [0.2, 0.25) is 5.91 Å². The van der Waals surface area contributed by atoms with Gasteiger partial charge in [0.1, 0.15) is 0 Å². The fraction of sp³-hybridized carbons (Fsp3) is 0.316. The Balaban J connectivity index is 1.58. The highest BCUT2D eigenvalue weighted by molar-refractivity contribution is 5.92. The molecule has 1 aliphatic heterocycles. The zero-order chi connectivity index (χ0) is 16.1. The van der Waals surface area contributed by atoms with E-state index in [9.17, 15) is 4.79 Å². The number of anilines is 1. The van der Waals surface area contributed by atoms with E-state index in [4.69, 9.17) is 4.74 Å². The molecule has 4 nitrogen and oxygen atoms in total. The number of nitrogens with one attached hydrogen (secondary N) is 1. The van der Waals surface area contributed by atoms with E-state index in [0.717, 1.165) is 36.5 Å². The Morgan fingerprint density at radius 2 is 1.91 bits per heavy atom. The van der Waals surface area contributed by atoms with Crippen molar-refractivity contribution >= 4 is 11.6 Å². The van der Waals surface area contributed by atoms with E-state index in [2.05, 4.69) is 17.3 Å². The van der Waals surface area contributed by atoms with E-state index in [0.29, 0.717) is 6.42 Å². The van der Waals surface area contributed by atoms with E-state index in [-0.39, 0.29) is 12.0 Å². The molecule has 2 aromatic carbocycles. The van der Waals surface area contributed by atoms with Crippen molar-refractivity contribution in [1.29, 1.82) is 0 Å². The molecule has 0 aromatic heterocycles. The van der Waals surface area contributed by atoms with Gasteiger partial charge in [-0.25, -0.2) is 0 Å². The van der Waals surface area contributed by atoms with Crippen LogP contribution in [0.2, 0.25) is 0 Å². The minimum absolute atomic E-state index is 0.00222. The van der Waals surface area contributed by atoms with Crippen LogP contribution in [0.3, 0.4) is 0 Å². The first-order valence-corrected chi connectivity index (χ1v) is 7.94. The van der Waals surface area contributed by atoms with Crippen molar-refractivity contribution in [3.05, 3.63) is 65.7 Å². The highest BCUT2D eigenvalue weighted by atomic mass is 16.5. The lowest BCUT2D eigenvalue weighted by molar-refractivity contribution is -0.115. The molecule has 1 atom stereocenters. The Morgan fingerprint density at radius 1 is 1.17 bits per heavy atom. The summed E-state index contributed by atoms with van der Waals surface area (Å²) in [6.45, 7) is 2.64. The summed E-state index contributed by atoms with van der Waals surface area (Å²) < 4.78 is 5.81. The van der Waals surface area contributed by atoms with Crippen LogP contribution in [0.5, 0.6) is 0 Å². The van der Waals surface area contributed by atoms with Crippen LogP contribution in [-0.2, 0) is 16.0 Å². The molecule has 3 rings (SSSR count). The largest absolute Gasteiger partial charge is 0.371 e. The molecule has 1 N–H and O–H groups in total. The molecule has 1 unspecified atom stereocenters. The van der Waals surface area contributed by atoms with Crippen molar-refractivity contribution in [1.82, 2.24) is 4.90 Å². The summed E-state index contributed by atoms with van der Waals surface area (Å²) in [4.78, 5) is 14.3. The summed E-state index contributed by atoms with van der Waals surface area (Å²) in [5, 5.41) is 2.94. The Morgan fingerprint density at radius 3 is 2.61 bits per heavy atom. The van der Waals surface area contributed by atoms with Crippen LogP contribution in [-0.4, -0.2) is 37.6 Å².